The van der Waals surface area contributed by atoms with Gasteiger partial charge in [-0.1, -0.05) is 5.57 Å². The highest BCUT2D eigenvalue weighted by atomic mass is 15.1. The van der Waals surface area contributed by atoms with Gasteiger partial charge in [-0.2, -0.15) is 0 Å². The average molecular weight is 237 g/mol. The van der Waals surface area contributed by atoms with Crippen LogP contribution >= 0.6 is 0 Å². The molecule has 0 amide bonds. The first-order valence-corrected chi connectivity index (χ1v) is 6.90. The normalized spacial score (nSPS) is 22.9. The van der Waals surface area contributed by atoms with Crippen LogP contribution in [0, 0.1) is 5.92 Å². The highest BCUT2D eigenvalue weighted by Gasteiger charge is 2.19. The van der Waals surface area contributed by atoms with Crippen molar-refractivity contribution >= 4 is 0 Å². The monoisotopic (exact) mass is 237 g/mol. The van der Waals surface area contributed by atoms with Gasteiger partial charge < -0.3 is 15.1 Å². The maximum Gasteiger partial charge on any atom is 0.0190 e. The molecule has 0 aliphatic carbocycles. The Labute approximate surface area is 106 Å². The number of nitrogens with one attached hydrogen (secondary N) is 1. The molecule has 0 aromatic carbocycles. The lowest BCUT2D eigenvalue weighted by atomic mass is 9.96. The van der Waals surface area contributed by atoms with Gasteiger partial charge in [0.05, 0.1) is 0 Å². The quantitative estimate of drug-likeness (QED) is 0.741. The standard InChI is InChI=1S/C14H27N3/c1-12(14-8-15-9-14)10-17(3)11-13-4-6-16(2)7-5-13/h13,15H,4-11H2,1-3H3. The molecule has 3 heteroatoms. The molecule has 98 valence electrons. The Morgan fingerprint density at radius 1 is 1.35 bits per heavy atom. The van der Waals surface area contributed by atoms with Crippen LogP contribution in [0.15, 0.2) is 11.1 Å². The number of hydrogen-bond acceptors (Lipinski definition) is 3. The van der Waals surface area contributed by atoms with E-state index in [0.717, 1.165) is 25.6 Å². The molecule has 2 heterocycles. The average Bonchev–Trinajstić information content (AvgIpc) is 2.18. The fourth-order valence-electron chi connectivity index (χ4n) is 2.82. The Hall–Kier alpha value is -0.380. The fourth-order valence-corrected chi connectivity index (χ4v) is 2.82. The molecule has 2 rings (SSSR count). The molecule has 0 radical (unpaired) electrons. The smallest absolute Gasteiger partial charge is 0.0190 e. The van der Waals surface area contributed by atoms with Crippen molar-refractivity contribution in [3.8, 4) is 0 Å². The first-order chi connectivity index (χ1) is 8.15. The van der Waals surface area contributed by atoms with Gasteiger partial charge in [0.1, 0.15) is 0 Å². The van der Waals surface area contributed by atoms with Gasteiger partial charge in [0.2, 0.25) is 0 Å². The number of nitrogens with zero attached hydrogens (tertiary/aromatic N) is 2. The van der Waals surface area contributed by atoms with E-state index in [1.54, 1.807) is 11.1 Å². The summed E-state index contributed by atoms with van der Waals surface area (Å²) in [5.41, 5.74) is 3.21. The van der Waals surface area contributed by atoms with Crippen molar-refractivity contribution in [2.24, 2.45) is 5.92 Å². The fraction of sp³-hybridized carbons (Fsp3) is 0.857. The predicted octanol–water partition coefficient (Wildman–Crippen LogP) is 1.18. The lowest BCUT2D eigenvalue weighted by Gasteiger charge is -2.32. The summed E-state index contributed by atoms with van der Waals surface area (Å²) in [6.45, 7) is 9.52. The molecule has 0 bridgehead atoms. The zero-order chi connectivity index (χ0) is 12.3. The van der Waals surface area contributed by atoms with E-state index in [1.807, 2.05) is 0 Å². The number of likely N-dealkylation sites (tertiary alicyclic amines) is 1. The second-order valence-corrected chi connectivity index (χ2v) is 5.93. The number of hydrogen-bond donors (Lipinski definition) is 1. The van der Waals surface area contributed by atoms with Gasteiger partial charge in [-0.05, 0) is 58.4 Å². The molecule has 0 aromatic heterocycles. The largest absolute Gasteiger partial charge is 0.309 e. The third-order valence-corrected chi connectivity index (χ3v) is 4.20. The van der Waals surface area contributed by atoms with E-state index in [1.165, 1.54) is 32.5 Å². The van der Waals surface area contributed by atoms with Gasteiger partial charge in [-0.15, -0.1) is 0 Å². The molecule has 0 atom stereocenters. The van der Waals surface area contributed by atoms with Crippen LogP contribution in [0.1, 0.15) is 19.8 Å². The van der Waals surface area contributed by atoms with Crippen LogP contribution in [-0.4, -0.2) is 63.2 Å². The maximum atomic E-state index is 3.32. The number of piperidine rings is 1. The van der Waals surface area contributed by atoms with Gasteiger partial charge in [-0.25, -0.2) is 0 Å². The van der Waals surface area contributed by atoms with Gasteiger partial charge >= 0.3 is 0 Å². The molecule has 0 unspecified atom stereocenters. The molecule has 2 aliphatic heterocycles. The van der Waals surface area contributed by atoms with Crippen molar-refractivity contribution < 1.29 is 0 Å². The molecule has 0 saturated carbocycles. The second-order valence-electron chi connectivity index (χ2n) is 5.93. The van der Waals surface area contributed by atoms with Crippen molar-refractivity contribution in [1.82, 2.24) is 15.1 Å². The summed E-state index contributed by atoms with van der Waals surface area (Å²) in [5, 5.41) is 3.32. The molecule has 2 saturated heterocycles. The van der Waals surface area contributed by atoms with Crippen molar-refractivity contribution in [3.05, 3.63) is 11.1 Å². The lowest BCUT2D eigenvalue weighted by molar-refractivity contribution is 0.181. The maximum absolute atomic E-state index is 3.32. The minimum atomic E-state index is 0.911. The molecule has 0 aromatic rings. The van der Waals surface area contributed by atoms with Crippen LogP contribution < -0.4 is 5.32 Å². The van der Waals surface area contributed by atoms with Gasteiger partial charge in [0.25, 0.3) is 0 Å². The summed E-state index contributed by atoms with van der Waals surface area (Å²) in [7, 11) is 4.51. The predicted molar refractivity (Wildman–Crippen MR) is 73.3 cm³/mol. The Morgan fingerprint density at radius 2 is 2.00 bits per heavy atom. The highest BCUT2D eigenvalue weighted by Crippen LogP contribution is 2.18. The van der Waals surface area contributed by atoms with Crippen molar-refractivity contribution in [1.29, 1.82) is 0 Å². The van der Waals surface area contributed by atoms with E-state index in [-0.39, 0.29) is 0 Å². The summed E-state index contributed by atoms with van der Waals surface area (Å²) in [4.78, 5) is 4.96. The van der Waals surface area contributed by atoms with Gasteiger partial charge in [-0.3, -0.25) is 0 Å². The molecular formula is C14H27N3. The van der Waals surface area contributed by atoms with Gasteiger partial charge in [0, 0.05) is 26.2 Å². The summed E-state index contributed by atoms with van der Waals surface area (Å²) in [6, 6.07) is 0. The minimum Gasteiger partial charge on any atom is -0.309 e. The van der Waals surface area contributed by atoms with Crippen LogP contribution in [0.5, 0.6) is 0 Å². The lowest BCUT2D eigenvalue weighted by Crippen LogP contribution is -2.38. The van der Waals surface area contributed by atoms with Crippen LogP contribution in [0.25, 0.3) is 0 Å². The zero-order valence-electron chi connectivity index (χ0n) is 11.6. The van der Waals surface area contributed by atoms with E-state index in [0.29, 0.717) is 0 Å². The SMILES string of the molecule is CC(CN(C)CC1CCN(C)CC1)=C1CNC1. The number of rotatable bonds is 4. The Bertz CT molecular complexity index is 271. The first kappa shape index (κ1) is 13.1. The van der Waals surface area contributed by atoms with Crippen LogP contribution in [0.2, 0.25) is 0 Å². The van der Waals surface area contributed by atoms with E-state index < -0.39 is 0 Å². The van der Waals surface area contributed by atoms with Crippen LogP contribution in [0.4, 0.5) is 0 Å². The summed E-state index contributed by atoms with van der Waals surface area (Å²) in [6.07, 6.45) is 2.75. The van der Waals surface area contributed by atoms with Gasteiger partial charge in [0.15, 0.2) is 0 Å². The topological polar surface area (TPSA) is 18.5 Å². The molecule has 1 N–H and O–H groups in total. The molecule has 0 spiro atoms. The Morgan fingerprint density at radius 3 is 2.53 bits per heavy atom. The molecular weight excluding hydrogens is 210 g/mol. The van der Waals surface area contributed by atoms with E-state index in [2.05, 4.69) is 36.1 Å². The third kappa shape index (κ3) is 3.80. The van der Waals surface area contributed by atoms with E-state index in [9.17, 15) is 0 Å². The van der Waals surface area contributed by atoms with E-state index >= 15 is 0 Å². The molecule has 2 fully saturated rings. The highest BCUT2D eigenvalue weighted by molar-refractivity contribution is 5.22. The minimum absolute atomic E-state index is 0.911. The first-order valence-electron chi connectivity index (χ1n) is 6.90. The van der Waals surface area contributed by atoms with Crippen molar-refractivity contribution in [2.75, 3.05) is 53.4 Å². The molecule has 2 aliphatic rings. The second kappa shape index (κ2) is 5.98. The Kier molecular flexibility index (Phi) is 4.60. The Balaban J connectivity index is 1.71. The number of likely N-dealkylation sites (N-methyl/N-ethyl adjacent to an activating group) is 1. The summed E-state index contributed by atoms with van der Waals surface area (Å²) in [5.74, 6) is 0.911. The third-order valence-electron chi connectivity index (χ3n) is 4.20. The van der Waals surface area contributed by atoms with Crippen LogP contribution in [-0.2, 0) is 0 Å². The zero-order valence-corrected chi connectivity index (χ0v) is 11.6. The van der Waals surface area contributed by atoms with Crippen molar-refractivity contribution in [3.63, 3.8) is 0 Å². The molecule has 17 heavy (non-hydrogen) atoms. The molecule has 3 nitrogen and oxygen atoms in total. The van der Waals surface area contributed by atoms with Crippen LogP contribution in [0.3, 0.4) is 0 Å². The summed E-state index contributed by atoms with van der Waals surface area (Å²) < 4.78 is 0. The van der Waals surface area contributed by atoms with E-state index in [4.69, 9.17) is 0 Å². The summed E-state index contributed by atoms with van der Waals surface area (Å²) >= 11 is 0. The van der Waals surface area contributed by atoms with Crippen molar-refractivity contribution in [2.45, 2.75) is 19.8 Å².